The molecule has 0 saturated carbocycles. The molecule has 0 fully saturated rings. The van der Waals surface area contributed by atoms with Crippen molar-refractivity contribution < 1.29 is 30.6 Å². The molecule has 0 spiro atoms. The number of aliphatic hydroxyl groups excluding tert-OH is 5. The first-order valence-corrected chi connectivity index (χ1v) is 3.64. The number of nitrogens with two attached hydrogens (primary N) is 1. The zero-order chi connectivity index (χ0) is 10.6. The van der Waals surface area contributed by atoms with E-state index in [1.165, 1.54) is 0 Å². The molecule has 0 aromatic rings. The van der Waals surface area contributed by atoms with Gasteiger partial charge in [0.05, 0.1) is 13.2 Å². The number of hydrogen-bond acceptors (Lipinski definition) is 7. The molecule has 0 bridgehead atoms. The predicted octanol–water partition coefficient (Wildman–Crippen LogP) is -4.30. The van der Waals surface area contributed by atoms with Crippen LogP contribution >= 0.6 is 0 Å². The molecule has 4 atom stereocenters. The molecule has 0 amide bonds. The van der Waals surface area contributed by atoms with Crippen molar-refractivity contribution in [3.63, 3.8) is 0 Å². The molecule has 0 aliphatic carbocycles. The van der Waals surface area contributed by atoms with Gasteiger partial charge in [0.2, 0.25) is 0 Å². The topological polar surface area (TPSA) is 147 Å². The van der Waals surface area contributed by atoms with Crippen molar-refractivity contribution in [2.45, 2.75) is 24.0 Å². The first kappa shape index (κ1) is 12.7. The van der Waals surface area contributed by atoms with E-state index in [9.17, 15) is 0 Å². The van der Waals surface area contributed by atoms with Crippen molar-refractivity contribution in [3.05, 3.63) is 0 Å². The quantitative estimate of drug-likeness (QED) is 0.220. The molecule has 13 heavy (non-hydrogen) atoms. The maximum absolute atomic E-state index is 9.09. The van der Waals surface area contributed by atoms with Crippen LogP contribution in [0.25, 0.3) is 0 Å². The second-order valence-corrected chi connectivity index (χ2v) is 2.83. The standard InChI is InChI=1S/C6H15NO6/c7-6(13,2-9)5(12)4(11)3(10)1-8/h3-5,8-13H,1-2,7H2/t3-,4-,5+,6-/m1/s1. The third-order valence-electron chi connectivity index (χ3n) is 1.67. The maximum atomic E-state index is 9.09. The lowest BCUT2D eigenvalue weighted by atomic mass is 9.99. The molecule has 0 aromatic heterocycles. The van der Waals surface area contributed by atoms with Crippen LogP contribution in [0, 0.1) is 0 Å². The molecule has 7 heteroatoms. The highest BCUT2D eigenvalue weighted by atomic mass is 16.4. The van der Waals surface area contributed by atoms with Crippen molar-refractivity contribution in [2.24, 2.45) is 5.73 Å². The Hall–Kier alpha value is -0.280. The minimum absolute atomic E-state index is 0.792. The molecule has 0 radical (unpaired) electrons. The van der Waals surface area contributed by atoms with Crippen LogP contribution in [0.2, 0.25) is 0 Å². The van der Waals surface area contributed by atoms with Crippen molar-refractivity contribution in [1.29, 1.82) is 0 Å². The third kappa shape index (κ3) is 3.16. The predicted molar refractivity (Wildman–Crippen MR) is 41.3 cm³/mol. The fourth-order valence-electron chi connectivity index (χ4n) is 0.708. The Labute approximate surface area is 74.7 Å². The average Bonchev–Trinajstić information content (AvgIpc) is 2.14. The SMILES string of the molecule is N[C@@](O)(CO)[C@@H](O)[C@H](O)[C@H](O)CO. The van der Waals surface area contributed by atoms with Crippen LogP contribution < -0.4 is 5.73 Å². The molecule has 0 rings (SSSR count). The monoisotopic (exact) mass is 197 g/mol. The summed E-state index contributed by atoms with van der Waals surface area (Å²) < 4.78 is 0. The summed E-state index contributed by atoms with van der Waals surface area (Å²) in [6.45, 7) is -1.77. The number of aliphatic hydroxyl groups is 6. The van der Waals surface area contributed by atoms with Gasteiger partial charge < -0.3 is 30.6 Å². The molecule has 0 saturated heterocycles. The number of rotatable bonds is 5. The summed E-state index contributed by atoms with van der Waals surface area (Å²) >= 11 is 0. The van der Waals surface area contributed by atoms with Gasteiger partial charge in [-0.1, -0.05) is 0 Å². The molecule has 7 nitrogen and oxygen atoms in total. The van der Waals surface area contributed by atoms with Crippen molar-refractivity contribution >= 4 is 0 Å². The van der Waals surface area contributed by atoms with Crippen LogP contribution in [-0.4, -0.2) is 67.9 Å². The zero-order valence-corrected chi connectivity index (χ0v) is 6.91. The van der Waals surface area contributed by atoms with Gasteiger partial charge in [-0.05, 0) is 0 Å². The van der Waals surface area contributed by atoms with Gasteiger partial charge in [-0.3, -0.25) is 5.73 Å². The van der Waals surface area contributed by atoms with Crippen molar-refractivity contribution in [3.8, 4) is 0 Å². The summed E-state index contributed by atoms with van der Waals surface area (Å²) in [5.74, 6) is 0. The van der Waals surface area contributed by atoms with Crippen LogP contribution in [0.3, 0.4) is 0 Å². The third-order valence-corrected chi connectivity index (χ3v) is 1.67. The van der Waals surface area contributed by atoms with Gasteiger partial charge in [-0.25, -0.2) is 0 Å². The largest absolute Gasteiger partial charge is 0.394 e. The van der Waals surface area contributed by atoms with Gasteiger partial charge in [-0.15, -0.1) is 0 Å². The Balaban J connectivity index is 4.32. The summed E-state index contributed by atoms with van der Waals surface area (Å²) in [6.07, 6.45) is -5.40. The van der Waals surface area contributed by atoms with Crippen LogP contribution in [0.15, 0.2) is 0 Å². The Morgan fingerprint density at radius 2 is 1.62 bits per heavy atom. The van der Waals surface area contributed by atoms with Crippen LogP contribution in [0.4, 0.5) is 0 Å². The van der Waals surface area contributed by atoms with E-state index in [0.29, 0.717) is 0 Å². The molecule has 8 N–H and O–H groups in total. The Bertz CT molecular complexity index is 152. The maximum Gasteiger partial charge on any atom is 0.165 e. The lowest BCUT2D eigenvalue weighted by Crippen LogP contribution is -2.61. The highest BCUT2D eigenvalue weighted by Crippen LogP contribution is 2.09. The molecule has 0 aromatic carbocycles. The lowest BCUT2D eigenvalue weighted by molar-refractivity contribution is -0.169. The molecular formula is C6H15NO6. The molecule has 80 valence electrons. The second kappa shape index (κ2) is 4.82. The van der Waals surface area contributed by atoms with Crippen LogP contribution in [0.5, 0.6) is 0 Å². The highest BCUT2D eigenvalue weighted by molar-refractivity contribution is 4.88. The first-order valence-electron chi connectivity index (χ1n) is 3.64. The van der Waals surface area contributed by atoms with E-state index in [0.717, 1.165) is 0 Å². The minimum Gasteiger partial charge on any atom is -0.394 e. The molecule has 0 aliphatic heterocycles. The normalized spacial score (nSPS) is 23.3. The van der Waals surface area contributed by atoms with Crippen LogP contribution in [0.1, 0.15) is 0 Å². The van der Waals surface area contributed by atoms with E-state index in [1.807, 2.05) is 0 Å². The zero-order valence-electron chi connectivity index (χ0n) is 6.91. The van der Waals surface area contributed by atoms with E-state index in [1.54, 1.807) is 0 Å². The lowest BCUT2D eigenvalue weighted by Gasteiger charge is -2.31. The number of hydrogen-bond donors (Lipinski definition) is 7. The summed E-state index contributed by atoms with van der Waals surface area (Å²) in [6, 6.07) is 0. The summed E-state index contributed by atoms with van der Waals surface area (Å²) in [5.41, 5.74) is 2.55. The Kier molecular flexibility index (Phi) is 4.71. The van der Waals surface area contributed by atoms with E-state index < -0.39 is 37.3 Å². The fraction of sp³-hybridized carbons (Fsp3) is 1.00. The second-order valence-electron chi connectivity index (χ2n) is 2.83. The van der Waals surface area contributed by atoms with Gasteiger partial charge in [0.1, 0.15) is 18.3 Å². The van der Waals surface area contributed by atoms with Gasteiger partial charge in [0.25, 0.3) is 0 Å². The van der Waals surface area contributed by atoms with E-state index >= 15 is 0 Å². The Morgan fingerprint density at radius 3 is 1.92 bits per heavy atom. The summed E-state index contributed by atoms with van der Waals surface area (Å²) in [7, 11) is 0. The van der Waals surface area contributed by atoms with Crippen molar-refractivity contribution in [1.82, 2.24) is 0 Å². The first-order chi connectivity index (χ1) is 5.86. The summed E-state index contributed by atoms with van der Waals surface area (Å²) in [4.78, 5) is 0. The Morgan fingerprint density at radius 1 is 1.15 bits per heavy atom. The molecule has 0 heterocycles. The van der Waals surface area contributed by atoms with Gasteiger partial charge in [0.15, 0.2) is 5.72 Å². The smallest absolute Gasteiger partial charge is 0.165 e. The van der Waals surface area contributed by atoms with Crippen molar-refractivity contribution in [2.75, 3.05) is 13.2 Å². The van der Waals surface area contributed by atoms with Gasteiger partial charge >= 0.3 is 0 Å². The fourth-order valence-corrected chi connectivity index (χ4v) is 0.708. The molecular weight excluding hydrogens is 182 g/mol. The highest BCUT2D eigenvalue weighted by Gasteiger charge is 2.38. The van der Waals surface area contributed by atoms with Crippen LogP contribution in [-0.2, 0) is 0 Å². The summed E-state index contributed by atoms with van der Waals surface area (Å²) in [5, 5.41) is 52.9. The van der Waals surface area contributed by atoms with E-state index in [2.05, 4.69) is 0 Å². The van der Waals surface area contributed by atoms with E-state index in [4.69, 9.17) is 36.4 Å². The van der Waals surface area contributed by atoms with E-state index in [-0.39, 0.29) is 0 Å². The van der Waals surface area contributed by atoms with Gasteiger partial charge in [-0.2, -0.15) is 0 Å². The average molecular weight is 197 g/mol. The molecule has 0 unspecified atom stereocenters. The van der Waals surface area contributed by atoms with Gasteiger partial charge in [0, 0.05) is 0 Å². The minimum atomic E-state index is -2.41. The molecule has 0 aliphatic rings.